The van der Waals surface area contributed by atoms with E-state index in [1.165, 1.54) is 11.3 Å². The molecular weight excluding hydrogens is 358 g/mol. The summed E-state index contributed by atoms with van der Waals surface area (Å²) in [5, 5.41) is 6.97. The molecule has 1 aromatic carbocycles. The molecule has 0 fully saturated rings. The summed E-state index contributed by atoms with van der Waals surface area (Å²) in [6.07, 6.45) is -0.0545. The third kappa shape index (κ3) is 5.85. The molecule has 3 amide bonds. The lowest BCUT2D eigenvalue weighted by Crippen LogP contribution is -2.41. The van der Waals surface area contributed by atoms with E-state index in [0.717, 1.165) is 16.3 Å². The van der Waals surface area contributed by atoms with Gasteiger partial charge in [0.25, 0.3) is 5.91 Å². The van der Waals surface area contributed by atoms with Crippen LogP contribution in [0.2, 0.25) is 0 Å². The van der Waals surface area contributed by atoms with E-state index in [0.29, 0.717) is 12.2 Å². The molecule has 0 saturated carbocycles. The number of hydrogen-bond acceptors (Lipinski definition) is 7. The van der Waals surface area contributed by atoms with E-state index >= 15 is 0 Å². The standard InChI is InChI=1S/C17H19N3O5S/c1-3-18-17(23)20-14(21)9-25-15(22)8-12-10-26-16(19-12)11-4-6-13(24-2)7-5-11/h4-7,10H,3,8-9H2,1-2H3,(H2,18,20,21,23). The molecule has 26 heavy (non-hydrogen) atoms. The largest absolute Gasteiger partial charge is 0.497 e. The highest BCUT2D eigenvalue weighted by atomic mass is 32.1. The molecule has 0 spiro atoms. The molecule has 0 bridgehead atoms. The first-order valence-electron chi connectivity index (χ1n) is 7.84. The Morgan fingerprint density at radius 1 is 1.19 bits per heavy atom. The minimum absolute atomic E-state index is 0.0545. The second-order valence-corrected chi connectivity index (χ2v) is 5.98. The Kier molecular flexibility index (Phi) is 7.10. The van der Waals surface area contributed by atoms with Crippen LogP contribution < -0.4 is 15.4 Å². The molecule has 2 rings (SSSR count). The molecule has 1 heterocycles. The van der Waals surface area contributed by atoms with Crippen LogP contribution in [0.3, 0.4) is 0 Å². The Hall–Kier alpha value is -2.94. The number of rotatable bonds is 7. The van der Waals surface area contributed by atoms with Gasteiger partial charge in [0, 0.05) is 17.5 Å². The number of carbonyl (C=O) groups is 3. The van der Waals surface area contributed by atoms with Crippen molar-refractivity contribution in [2.45, 2.75) is 13.3 Å². The van der Waals surface area contributed by atoms with Crippen molar-refractivity contribution in [3.63, 3.8) is 0 Å². The van der Waals surface area contributed by atoms with Crippen molar-refractivity contribution >= 4 is 29.2 Å². The second-order valence-electron chi connectivity index (χ2n) is 5.12. The van der Waals surface area contributed by atoms with Gasteiger partial charge in [-0.25, -0.2) is 9.78 Å². The number of ether oxygens (including phenoxy) is 2. The van der Waals surface area contributed by atoms with Gasteiger partial charge < -0.3 is 14.8 Å². The van der Waals surface area contributed by atoms with Crippen molar-refractivity contribution in [1.82, 2.24) is 15.6 Å². The number of urea groups is 1. The summed E-state index contributed by atoms with van der Waals surface area (Å²) in [6.45, 7) is 1.59. The van der Waals surface area contributed by atoms with Crippen LogP contribution in [0.15, 0.2) is 29.6 Å². The first-order chi connectivity index (χ1) is 12.5. The zero-order chi connectivity index (χ0) is 18.9. The summed E-state index contributed by atoms with van der Waals surface area (Å²) in [6, 6.07) is 6.80. The van der Waals surface area contributed by atoms with Gasteiger partial charge in [0.05, 0.1) is 19.2 Å². The Morgan fingerprint density at radius 3 is 2.58 bits per heavy atom. The van der Waals surface area contributed by atoms with Gasteiger partial charge in [0.15, 0.2) is 6.61 Å². The SMILES string of the molecule is CCNC(=O)NC(=O)COC(=O)Cc1csc(-c2ccc(OC)cc2)n1. The van der Waals surface area contributed by atoms with Crippen LogP contribution >= 0.6 is 11.3 Å². The smallest absolute Gasteiger partial charge is 0.321 e. The number of carbonyl (C=O) groups excluding carboxylic acids is 3. The maximum Gasteiger partial charge on any atom is 0.321 e. The number of hydrogen-bond donors (Lipinski definition) is 2. The van der Waals surface area contributed by atoms with Gasteiger partial charge >= 0.3 is 12.0 Å². The first kappa shape index (κ1) is 19.4. The van der Waals surface area contributed by atoms with E-state index in [1.807, 2.05) is 29.6 Å². The van der Waals surface area contributed by atoms with Gasteiger partial charge in [-0.2, -0.15) is 0 Å². The predicted octanol–water partition coefficient (Wildman–Crippen LogP) is 1.75. The molecular formula is C17H19N3O5S. The van der Waals surface area contributed by atoms with Crippen molar-refractivity contribution in [3.05, 3.63) is 35.3 Å². The number of esters is 1. The minimum atomic E-state index is -0.693. The fraction of sp³-hybridized carbons (Fsp3) is 0.294. The summed E-state index contributed by atoms with van der Waals surface area (Å²) in [5.41, 5.74) is 1.46. The van der Waals surface area contributed by atoms with Crippen molar-refractivity contribution in [2.24, 2.45) is 0 Å². The number of thiazole rings is 1. The zero-order valence-corrected chi connectivity index (χ0v) is 15.2. The van der Waals surface area contributed by atoms with Crippen LogP contribution in [-0.4, -0.2) is 43.2 Å². The fourth-order valence-corrected chi connectivity index (χ4v) is 2.79. The molecule has 0 atom stereocenters. The second kappa shape index (κ2) is 9.52. The van der Waals surface area contributed by atoms with E-state index in [4.69, 9.17) is 9.47 Å². The molecule has 2 aromatic rings. The maximum atomic E-state index is 11.8. The van der Waals surface area contributed by atoms with E-state index in [-0.39, 0.29) is 6.42 Å². The summed E-state index contributed by atoms with van der Waals surface area (Å²) in [5.74, 6) is -0.538. The van der Waals surface area contributed by atoms with Gasteiger partial charge in [-0.15, -0.1) is 11.3 Å². The molecule has 0 radical (unpaired) electrons. The molecule has 0 unspecified atom stereocenters. The van der Waals surface area contributed by atoms with Gasteiger partial charge in [-0.05, 0) is 31.2 Å². The average Bonchev–Trinajstić information content (AvgIpc) is 3.08. The van der Waals surface area contributed by atoms with Gasteiger partial charge in [0.2, 0.25) is 0 Å². The third-order valence-electron chi connectivity index (χ3n) is 3.17. The summed E-state index contributed by atoms with van der Waals surface area (Å²) in [4.78, 5) is 38.8. The highest BCUT2D eigenvalue weighted by molar-refractivity contribution is 7.13. The lowest BCUT2D eigenvalue weighted by atomic mass is 10.2. The molecule has 138 valence electrons. The number of benzene rings is 1. The Morgan fingerprint density at radius 2 is 1.92 bits per heavy atom. The van der Waals surface area contributed by atoms with E-state index in [9.17, 15) is 14.4 Å². The molecule has 8 nitrogen and oxygen atoms in total. The van der Waals surface area contributed by atoms with Crippen molar-refractivity contribution in [3.8, 4) is 16.3 Å². The normalized spacial score (nSPS) is 10.1. The molecule has 0 aliphatic carbocycles. The van der Waals surface area contributed by atoms with Crippen LogP contribution in [0.4, 0.5) is 4.79 Å². The Labute approximate surface area is 154 Å². The maximum absolute atomic E-state index is 11.8. The number of nitrogens with one attached hydrogen (secondary N) is 2. The van der Waals surface area contributed by atoms with Crippen molar-refractivity contribution in [1.29, 1.82) is 0 Å². The van der Waals surface area contributed by atoms with Crippen LogP contribution in [0.1, 0.15) is 12.6 Å². The van der Waals surface area contributed by atoms with Crippen LogP contribution in [0, 0.1) is 0 Å². The van der Waals surface area contributed by atoms with Crippen molar-refractivity contribution in [2.75, 3.05) is 20.3 Å². The Bertz CT molecular complexity index is 773. The molecule has 2 N–H and O–H groups in total. The van der Waals surface area contributed by atoms with E-state index < -0.39 is 24.5 Å². The van der Waals surface area contributed by atoms with Crippen LogP contribution in [-0.2, 0) is 20.7 Å². The summed E-state index contributed by atoms with van der Waals surface area (Å²) < 4.78 is 9.96. The lowest BCUT2D eigenvalue weighted by molar-refractivity contribution is -0.147. The highest BCUT2D eigenvalue weighted by Gasteiger charge is 2.13. The highest BCUT2D eigenvalue weighted by Crippen LogP contribution is 2.25. The molecule has 0 aliphatic heterocycles. The van der Waals surface area contributed by atoms with Crippen LogP contribution in [0.5, 0.6) is 5.75 Å². The topological polar surface area (TPSA) is 107 Å². The molecule has 0 aliphatic rings. The number of amides is 3. The van der Waals surface area contributed by atoms with Gasteiger partial charge in [-0.3, -0.25) is 14.9 Å². The van der Waals surface area contributed by atoms with Crippen molar-refractivity contribution < 1.29 is 23.9 Å². The number of imide groups is 1. The minimum Gasteiger partial charge on any atom is -0.497 e. The van der Waals surface area contributed by atoms with E-state index in [1.54, 1.807) is 19.4 Å². The zero-order valence-electron chi connectivity index (χ0n) is 14.4. The predicted molar refractivity (Wildman–Crippen MR) is 96.0 cm³/mol. The monoisotopic (exact) mass is 377 g/mol. The number of nitrogens with zero attached hydrogens (tertiary/aromatic N) is 1. The van der Waals surface area contributed by atoms with Gasteiger partial charge in [0.1, 0.15) is 10.8 Å². The Balaban J connectivity index is 1.83. The molecule has 0 saturated heterocycles. The van der Waals surface area contributed by atoms with E-state index in [2.05, 4.69) is 10.3 Å². The van der Waals surface area contributed by atoms with Crippen LogP contribution in [0.25, 0.3) is 10.6 Å². The first-order valence-corrected chi connectivity index (χ1v) is 8.72. The lowest BCUT2D eigenvalue weighted by Gasteiger charge is -2.05. The van der Waals surface area contributed by atoms with Gasteiger partial charge in [-0.1, -0.05) is 0 Å². The number of aromatic nitrogens is 1. The number of methoxy groups -OCH3 is 1. The quantitative estimate of drug-likeness (QED) is 0.712. The summed E-state index contributed by atoms with van der Waals surface area (Å²) in [7, 11) is 1.60. The fourth-order valence-electron chi connectivity index (χ4n) is 1.97. The summed E-state index contributed by atoms with van der Waals surface area (Å²) >= 11 is 1.40. The molecule has 9 heteroatoms. The third-order valence-corrected chi connectivity index (χ3v) is 4.11. The molecule has 1 aromatic heterocycles. The average molecular weight is 377 g/mol.